The Balaban J connectivity index is 1.71. The Kier molecular flexibility index (Phi) is 7.41. The van der Waals surface area contributed by atoms with E-state index in [0.29, 0.717) is 12.0 Å². The van der Waals surface area contributed by atoms with Crippen molar-refractivity contribution in [1.29, 1.82) is 0 Å². The van der Waals surface area contributed by atoms with Gasteiger partial charge in [0.25, 0.3) is 0 Å². The zero-order valence-corrected chi connectivity index (χ0v) is 16.7. The summed E-state index contributed by atoms with van der Waals surface area (Å²) in [5.74, 6) is 1.50. The molecular formula is C20H30N4OS. The van der Waals surface area contributed by atoms with Crippen LogP contribution in [0.25, 0.3) is 0 Å². The van der Waals surface area contributed by atoms with E-state index in [2.05, 4.69) is 51.1 Å². The number of thiophene rings is 1. The topological polar surface area (TPSA) is 41.5 Å². The lowest BCUT2D eigenvalue weighted by atomic mass is 10.2. The number of likely N-dealkylation sites (tertiary alicyclic amines) is 1. The molecule has 2 aromatic heterocycles. The van der Waals surface area contributed by atoms with Crippen LogP contribution in [-0.2, 0) is 11.3 Å². The average Bonchev–Trinajstić information content (AvgIpc) is 3.34. The van der Waals surface area contributed by atoms with E-state index >= 15 is 0 Å². The summed E-state index contributed by atoms with van der Waals surface area (Å²) in [6.07, 6.45) is 7.95. The number of rotatable bonds is 10. The van der Waals surface area contributed by atoms with Crippen LogP contribution in [0.2, 0.25) is 0 Å². The summed E-state index contributed by atoms with van der Waals surface area (Å²) in [6, 6.07) is 4.69. The summed E-state index contributed by atoms with van der Waals surface area (Å²) in [5, 5.41) is 2.13. The van der Waals surface area contributed by atoms with Crippen molar-refractivity contribution in [2.24, 2.45) is 5.92 Å². The van der Waals surface area contributed by atoms with E-state index < -0.39 is 0 Å². The van der Waals surface area contributed by atoms with Crippen molar-refractivity contribution in [2.45, 2.75) is 39.3 Å². The summed E-state index contributed by atoms with van der Waals surface area (Å²) < 4.78 is 6.04. The number of hydrogen-bond acceptors (Lipinski definition) is 6. The van der Waals surface area contributed by atoms with Gasteiger partial charge < -0.3 is 9.64 Å². The molecule has 0 bridgehead atoms. The maximum atomic E-state index is 6.04. The number of aromatic nitrogens is 2. The Morgan fingerprint density at radius 1 is 1.23 bits per heavy atom. The van der Waals surface area contributed by atoms with Gasteiger partial charge in [-0.15, -0.1) is 11.3 Å². The average molecular weight is 375 g/mol. The minimum Gasteiger partial charge on any atom is -0.379 e. The van der Waals surface area contributed by atoms with Crippen LogP contribution in [0.3, 0.4) is 0 Å². The lowest BCUT2D eigenvalue weighted by Crippen LogP contribution is -2.45. The molecule has 6 heteroatoms. The molecule has 26 heavy (non-hydrogen) atoms. The molecule has 3 heterocycles. The second-order valence-corrected chi connectivity index (χ2v) is 8.38. The van der Waals surface area contributed by atoms with Crippen molar-refractivity contribution in [3.05, 3.63) is 41.0 Å². The minimum absolute atomic E-state index is 0.387. The van der Waals surface area contributed by atoms with Crippen LogP contribution < -0.4 is 4.90 Å². The van der Waals surface area contributed by atoms with Crippen molar-refractivity contribution in [2.75, 3.05) is 37.7 Å². The fourth-order valence-electron chi connectivity index (χ4n) is 3.36. The Morgan fingerprint density at radius 2 is 2.08 bits per heavy atom. The highest BCUT2D eigenvalue weighted by Crippen LogP contribution is 2.20. The van der Waals surface area contributed by atoms with Crippen LogP contribution in [0, 0.1) is 5.92 Å². The molecule has 2 aromatic rings. The van der Waals surface area contributed by atoms with Gasteiger partial charge in [0.05, 0.1) is 25.4 Å². The van der Waals surface area contributed by atoms with Gasteiger partial charge >= 0.3 is 0 Å². The van der Waals surface area contributed by atoms with Gasteiger partial charge in [0.2, 0.25) is 0 Å². The number of nitrogens with zero attached hydrogens (tertiary/aromatic N) is 4. The van der Waals surface area contributed by atoms with Gasteiger partial charge in [0.1, 0.15) is 5.82 Å². The van der Waals surface area contributed by atoms with E-state index in [9.17, 15) is 0 Å². The molecule has 3 rings (SSSR count). The first-order valence-corrected chi connectivity index (χ1v) is 10.5. The monoisotopic (exact) mass is 374 g/mol. The van der Waals surface area contributed by atoms with E-state index in [0.717, 1.165) is 32.1 Å². The van der Waals surface area contributed by atoms with Crippen LogP contribution in [-0.4, -0.2) is 53.8 Å². The summed E-state index contributed by atoms with van der Waals surface area (Å²) in [4.78, 5) is 15.1. The van der Waals surface area contributed by atoms with Gasteiger partial charge in [-0.1, -0.05) is 19.9 Å². The fraction of sp³-hybridized carbons (Fsp3) is 0.600. The zero-order valence-electron chi connectivity index (χ0n) is 15.9. The second kappa shape index (κ2) is 10.00. The molecule has 0 spiro atoms. The van der Waals surface area contributed by atoms with Gasteiger partial charge in [-0.05, 0) is 43.3 Å². The standard InChI is InChI=1S/C20H30N4OS/c1-17(2)15-25-16-18(23-9-3-4-10-23)13-24(14-19-6-5-11-26-19)20-12-21-7-8-22-20/h5-8,11-12,17-18H,3-4,9-10,13-16H2,1-2H3. The summed E-state index contributed by atoms with van der Waals surface area (Å²) in [5.41, 5.74) is 0. The number of hydrogen-bond donors (Lipinski definition) is 0. The van der Waals surface area contributed by atoms with Crippen molar-refractivity contribution >= 4 is 17.2 Å². The van der Waals surface area contributed by atoms with E-state index in [1.165, 1.54) is 30.8 Å². The molecule has 142 valence electrons. The van der Waals surface area contributed by atoms with Gasteiger partial charge in [-0.3, -0.25) is 9.88 Å². The maximum absolute atomic E-state index is 6.04. The predicted octanol–water partition coefficient (Wildman–Crippen LogP) is 3.68. The molecule has 1 aliphatic rings. The summed E-state index contributed by atoms with van der Waals surface area (Å²) in [6.45, 7) is 10.1. The maximum Gasteiger partial charge on any atom is 0.147 e. The molecule has 0 amide bonds. The smallest absolute Gasteiger partial charge is 0.147 e. The minimum atomic E-state index is 0.387. The van der Waals surface area contributed by atoms with Crippen LogP contribution in [0.15, 0.2) is 36.1 Å². The van der Waals surface area contributed by atoms with Crippen molar-refractivity contribution in [1.82, 2.24) is 14.9 Å². The first-order chi connectivity index (χ1) is 12.7. The van der Waals surface area contributed by atoms with E-state index in [4.69, 9.17) is 4.74 Å². The van der Waals surface area contributed by atoms with Gasteiger partial charge in [-0.2, -0.15) is 0 Å². The Morgan fingerprint density at radius 3 is 2.73 bits per heavy atom. The summed E-state index contributed by atoms with van der Waals surface area (Å²) in [7, 11) is 0. The highest BCUT2D eigenvalue weighted by Gasteiger charge is 2.25. The number of ether oxygens (including phenoxy) is 1. The largest absolute Gasteiger partial charge is 0.379 e. The molecular weight excluding hydrogens is 344 g/mol. The van der Waals surface area contributed by atoms with E-state index in [-0.39, 0.29) is 0 Å². The molecule has 0 aromatic carbocycles. The van der Waals surface area contributed by atoms with Crippen molar-refractivity contribution in [3.63, 3.8) is 0 Å². The Bertz CT molecular complexity index is 614. The molecule has 1 fully saturated rings. The van der Waals surface area contributed by atoms with Gasteiger partial charge in [0, 0.05) is 30.4 Å². The van der Waals surface area contributed by atoms with Crippen molar-refractivity contribution in [3.8, 4) is 0 Å². The second-order valence-electron chi connectivity index (χ2n) is 7.35. The summed E-state index contributed by atoms with van der Waals surface area (Å²) >= 11 is 1.79. The Labute approximate surface area is 161 Å². The molecule has 1 atom stereocenters. The van der Waals surface area contributed by atoms with E-state index in [1.54, 1.807) is 23.7 Å². The van der Waals surface area contributed by atoms with Gasteiger partial charge in [-0.25, -0.2) is 4.98 Å². The van der Waals surface area contributed by atoms with Crippen LogP contribution in [0.5, 0.6) is 0 Å². The van der Waals surface area contributed by atoms with Crippen LogP contribution in [0.1, 0.15) is 31.6 Å². The highest BCUT2D eigenvalue weighted by atomic mass is 32.1. The lowest BCUT2D eigenvalue weighted by molar-refractivity contribution is 0.0567. The lowest BCUT2D eigenvalue weighted by Gasteiger charge is -2.33. The SMILES string of the molecule is CC(C)COCC(CN(Cc1cccs1)c1cnccn1)N1CCCC1. The molecule has 0 saturated carbocycles. The molecule has 0 aliphatic carbocycles. The van der Waals surface area contributed by atoms with Crippen LogP contribution >= 0.6 is 11.3 Å². The quantitative estimate of drug-likeness (QED) is 0.634. The van der Waals surface area contributed by atoms with Crippen molar-refractivity contribution < 1.29 is 4.74 Å². The first kappa shape index (κ1) is 19.3. The predicted molar refractivity (Wildman–Crippen MR) is 108 cm³/mol. The molecule has 5 nitrogen and oxygen atoms in total. The van der Waals surface area contributed by atoms with Crippen LogP contribution in [0.4, 0.5) is 5.82 Å². The van der Waals surface area contributed by atoms with Gasteiger partial charge in [0.15, 0.2) is 0 Å². The Hall–Kier alpha value is -1.50. The zero-order chi connectivity index (χ0) is 18.2. The third-order valence-electron chi connectivity index (χ3n) is 4.65. The third kappa shape index (κ3) is 5.76. The number of anilines is 1. The molecule has 0 N–H and O–H groups in total. The molecule has 0 radical (unpaired) electrons. The first-order valence-electron chi connectivity index (χ1n) is 9.57. The highest BCUT2D eigenvalue weighted by molar-refractivity contribution is 7.09. The molecule has 1 aliphatic heterocycles. The third-order valence-corrected chi connectivity index (χ3v) is 5.51. The van der Waals surface area contributed by atoms with E-state index in [1.807, 2.05) is 6.20 Å². The molecule has 1 saturated heterocycles. The normalized spacial score (nSPS) is 16.3. The molecule has 1 unspecified atom stereocenters. The fourth-order valence-corrected chi connectivity index (χ4v) is 4.08.